The van der Waals surface area contributed by atoms with Gasteiger partial charge in [-0.05, 0) is 47.7 Å². The van der Waals surface area contributed by atoms with Gasteiger partial charge < -0.3 is 10.2 Å². The first-order valence-corrected chi connectivity index (χ1v) is 10.4. The van der Waals surface area contributed by atoms with Crippen molar-refractivity contribution in [2.24, 2.45) is 0 Å². The van der Waals surface area contributed by atoms with Gasteiger partial charge >= 0.3 is 0 Å². The van der Waals surface area contributed by atoms with E-state index in [-0.39, 0.29) is 5.91 Å². The van der Waals surface area contributed by atoms with Crippen LogP contribution in [0, 0.1) is 0 Å². The molecule has 2 aromatic carbocycles. The summed E-state index contributed by atoms with van der Waals surface area (Å²) in [4.78, 5) is 14.6. The first kappa shape index (κ1) is 19.6. The molecule has 140 valence electrons. The quantitative estimate of drug-likeness (QED) is 0.518. The minimum Gasteiger partial charge on any atom is -0.370 e. The Bertz CT molecular complexity index is 842. The SMILES string of the molecule is CCCCc1ccc(N(C)Cc2ccc(C=C3SC(=S)NC3=O)cc2)cc1. The van der Waals surface area contributed by atoms with Crippen molar-refractivity contribution in [1.29, 1.82) is 0 Å². The molecule has 0 atom stereocenters. The third kappa shape index (κ3) is 5.44. The first-order valence-electron chi connectivity index (χ1n) is 9.19. The topological polar surface area (TPSA) is 32.3 Å². The highest BCUT2D eigenvalue weighted by Gasteiger charge is 2.21. The van der Waals surface area contributed by atoms with Crippen molar-refractivity contribution >= 4 is 46.0 Å². The fourth-order valence-electron chi connectivity index (χ4n) is 2.95. The normalized spacial score (nSPS) is 15.3. The molecule has 0 saturated carbocycles. The molecule has 0 spiro atoms. The summed E-state index contributed by atoms with van der Waals surface area (Å²) >= 11 is 6.33. The Balaban J connectivity index is 1.61. The molecule has 3 nitrogen and oxygen atoms in total. The van der Waals surface area contributed by atoms with E-state index in [1.54, 1.807) is 0 Å². The molecular weight excluding hydrogens is 372 g/mol. The molecule has 1 N–H and O–H groups in total. The maximum atomic E-state index is 11.7. The number of nitrogens with one attached hydrogen (secondary N) is 1. The molecule has 1 aliphatic heterocycles. The van der Waals surface area contributed by atoms with Gasteiger partial charge in [-0.1, -0.05) is 73.7 Å². The monoisotopic (exact) mass is 396 g/mol. The van der Waals surface area contributed by atoms with E-state index in [0.717, 1.165) is 18.5 Å². The minimum absolute atomic E-state index is 0.115. The van der Waals surface area contributed by atoms with E-state index in [9.17, 15) is 4.79 Å². The van der Waals surface area contributed by atoms with E-state index in [0.29, 0.717) is 9.23 Å². The van der Waals surface area contributed by atoms with Gasteiger partial charge in [0.25, 0.3) is 5.91 Å². The zero-order chi connectivity index (χ0) is 19.2. The Kier molecular flexibility index (Phi) is 6.69. The predicted molar refractivity (Wildman–Crippen MR) is 120 cm³/mol. The van der Waals surface area contributed by atoms with E-state index in [1.807, 2.05) is 18.2 Å². The lowest BCUT2D eigenvalue weighted by atomic mass is 10.1. The van der Waals surface area contributed by atoms with Crippen molar-refractivity contribution in [2.75, 3.05) is 11.9 Å². The van der Waals surface area contributed by atoms with Gasteiger partial charge in [0.2, 0.25) is 0 Å². The second-order valence-electron chi connectivity index (χ2n) is 6.72. The minimum atomic E-state index is -0.115. The second-order valence-corrected chi connectivity index (χ2v) is 8.44. The van der Waals surface area contributed by atoms with Gasteiger partial charge in [0.1, 0.15) is 4.32 Å². The Morgan fingerprint density at radius 1 is 1.07 bits per heavy atom. The fraction of sp³-hybridized carbons (Fsp3) is 0.273. The van der Waals surface area contributed by atoms with Crippen LogP contribution in [-0.2, 0) is 17.8 Å². The molecule has 2 aromatic rings. The van der Waals surface area contributed by atoms with E-state index in [1.165, 1.54) is 41.4 Å². The predicted octanol–water partition coefficient (Wildman–Crippen LogP) is 5.15. The maximum Gasteiger partial charge on any atom is 0.263 e. The average molecular weight is 397 g/mol. The van der Waals surface area contributed by atoms with Crippen LogP contribution in [0.3, 0.4) is 0 Å². The van der Waals surface area contributed by atoms with Gasteiger partial charge in [0.15, 0.2) is 0 Å². The Morgan fingerprint density at radius 2 is 1.74 bits per heavy atom. The summed E-state index contributed by atoms with van der Waals surface area (Å²) in [6.45, 7) is 3.06. The molecule has 0 unspecified atom stereocenters. The van der Waals surface area contributed by atoms with Crippen LogP contribution in [0.4, 0.5) is 5.69 Å². The Hall–Kier alpha value is -2.11. The lowest BCUT2D eigenvalue weighted by Gasteiger charge is -2.20. The smallest absolute Gasteiger partial charge is 0.263 e. The number of thiocarbonyl (C=S) groups is 1. The molecule has 1 fully saturated rings. The molecule has 3 rings (SSSR count). The molecule has 0 radical (unpaired) electrons. The number of carbonyl (C=O) groups excluding carboxylic acids is 1. The van der Waals surface area contributed by atoms with Crippen molar-refractivity contribution in [3.63, 3.8) is 0 Å². The second kappa shape index (κ2) is 9.20. The summed E-state index contributed by atoms with van der Waals surface area (Å²) in [5, 5.41) is 2.64. The number of rotatable bonds is 7. The number of aryl methyl sites for hydroxylation is 1. The Labute approximate surface area is 170 Å². The summed E-state index contributed by atoms with van der Waals surface area (Å²) in [6, 6.07) is 17.1. The van der Waals surface area contributed by atoms with Crippen LogP contribution in [-0.4, -0.2) is 17.3 Å². The summed E-state index contributed by atoms with van der Waals surface area (Å²) in [5.74, 6) is -0.115. The number of amides is 1. The zero-order valence-corrected chi connectivity index (χ0v) is 17.3. The van der Waals surface area contributed by atoms with Gasteiger partial charge in [0, 0.05) is 19.3 Å². The molecule has 5 heteroatoms. The van der Waals surface area contributed by atoms with Crippen LogP contribution in [0.2, 0.25) is 0 Å². The van der Waals surface area contributed by atoms with Gasteiger partial charge in [0.05, 0.1) is 4.91 Å². The highest BCUT2D eigenvalue weighted by Crippen LogP contribution is 2.26. The number of unbranched alkanes of at least 4 members (excludes halogenated alkanes) is 1. The van der Waals surface area contributed by atoms with Crippen LogP contribution in [0.25, 0.3) is 6.08 Å². The molecule has 1 saturated heterocycles. The van der Waals surface area contributed by atoms with Crippen LogP contribution in [0.1, 0.15) is 36.5 Å². The molecule has 1 amide bonds. The Morgan fingerprint density at radius 3 is 2.33 bits per heavy atom. The number of benzene rings is 2. The van der Waals surface area contributed by atoms with Crippen LogP contribution in [0.15, 0.2) is 53.4 Å². The molecular formula is C22H24N2OS2. The third-order valence-electron chi connectivity index (χ3n) is 4.54. The molecule has 27 heavy (non-hydrogen) atoms. The van der Waals surface area contributed by atoms with Crippen LogP contribution < -0.4 is 10.2 Å². The van der Waals surface area contributed by atoms with Crippen LogP contribution >= 0.6 is 24.0 Å². The van der Waals surface area contributed by atoms with Crippen molar-refractivity contribution < 1.29 is 4.79 Å². The van der Waals surface area contributed by atoms with E-state index in [2.05, 4.69) is 60.6 Å². The summed E-state index contributed by atoms with van der Waals surface area (Å²) in [6.07, 6.45) is 5.49. The maximum absolute atomic E-state index is 11.7. The van der Waals surface area contributed by atoms with Crippen molar-refractivity contribution in [1.82, 2.24) is 5.32 Å². The van der Waals surface area contributed by atoms with Crippen LogP contribution in [0.5, 0.6) is 0 Å². The molecule has 0 aromatic heterocycles. The number of hydrogen-bond donors (Lipinski definition) is 1. The number of nitrogens with zero attached hydrogens (tertiary/aromatic N) is 1. The number of thioether (sulfide) groups is 1. The summed E-state index contributed by atoms with van der Waals surface area (Å²) < 4.78 is 0.519. The van der Waals surface area contributed by atoms with Gasteiger partial charge in [-0.25, -0.2) is 0 Å². The largest absolute Gasteiger partial charge is 0.370 e. The molecule has 1 aliphatic rings. The molecule has 1 heterocycles. The summed E-state index contributed by atoms with van der Waals surface area (Å²) in [7, 11) is 2.11. The highest BCUT2D eigenvalue weighted by molar-refractivity contribution is 8.26. The number of anilines is 1. The third-order valence-corrected chi connectivity index (χ3v) is 5.70. The molecule has 0 bridgehead atoms. The molecule has 0 aliphatic carbocycles. The average Bonchev–Trinajstić information content (AvgIpc) is 2.99. The van der Waals surface area contributed by atoms with Gasteiger partial charge in [-0.3, -0.25) is 4.79 Å². The zero-order valence-electron chi connectivity index (χ0n) is 15.7. The lowest BCUT2D eigenvalue weighted by molar-refractivity contribution is -0.115. The fourth-order valence-corrected chi connectivity index (χ4v) is 4.00. The standard InChI is InChI=1S/C22H24N2OS2/c1-3-4-5-16-10-12-19(13-11-16)24(2)15-18-8-6-17(7-9-18)14-20-21(25)23-22(26)27-20/h6-14H,3-5,15H2,1-2H3,(H,23,25,26). The lowest BCUT2D eigenvalue weighted by Crippen LogP contribution is -2.17. The number of hydrogen-bond acceptors (Lipinski definition) is 4. The highest BCUT2D eigenvalue weighted by atomic mass is 32.2. The van der Waals surface area contributed by atoms with Gasteiger partial charge in [-0.15, -0.1) is 0 Å². The van der Waals surface area contributed by atoms with Crippen molar-refractivity contribution in [3.05, 3.63) is 70.1 Å². The van der Waals surface area contributed by atoms with E-state index < -0.39 is 0 Å². The van der Waals surface area contributed by atoms with E-state index in [4.69, 9.17) is 12.2 Å². The number of carbonyl (C=O) groups is 1. The van der Waals surface area contributed by atoms with E-state index >= 15 is 0 Å². The van der Waals surface area contributed by atoms with Crippen molar-refractivity contribution in [3.8, 4) is 0 Å². The van der Waals surface area contributed by atoms with Crippen molar-refractivity contribution in [2.45, 2.75) is 32.7 Å². The first-order chi connectivity index (χ1) is 13.0. The summed E-state index contributed by atoms with van der Waals surface area (Å²) in [5.41, 5.74) is 4.85. The van der Waals surface area contributed by atoms with Gasteiger partial charge in [-0.2, -0.15) is 0 Å².